The Morgan fingerprint density at radius 2 is 1.68 bits per heavy atom. The van der Waals surface area contributed by atoms with E-state index in [4.69, 9.17) is 24.1 Å². The zero-order valence-electron chi connectivity index (χ0n) is 17.5. The Balaban J connectivity index is 1.93. The van der Waals surface area contributed by atoms with Crippen molar-refractivity contribution >= 4 is 28.4 Å². The first kappa shape index (κ1) is 22.3. The van der Waals surface area contributed by atoms with Crippen molar-refractivity contribution in [2.75, 3.05) is 46.0 Å². The molecule has 0 aliphatic heterocycles. The molecule has 1 aromatic heterocycles. The monoisotopic (exact) mass is 427 g/mol. The molecule has 0 saturated carbocycles. The molecule has 2 aromatic carbocycles. The minimum atomic E-state index is -0.886. The number of aliphatic carboxylic acids is 1. The number of carbonyl (C=O) groups is 1. The molecule has 164 valence electrons. The zero-order valence-corrected chi connectivity index (χ0v) is 17.5. The minimum Gasteiger partial charge on any atom is -0.487 e. The van der Waals surface area contributed by atoms with E-state index in [9.17, 15) is 4.79 Å². The largest absolute Gasteiger partial charge is 0.487 e. The molecular formula is C22H25N3O6. The maximum Gasteiger partial charge on any atom is 0.307 e. The van der Waals surface area contributed by atoms with Crippen molar-refractivity contribution < 1.29 is 28.8 Å². The van der Waals surface area contributed by atoms with Crippen molar-refractivity contribution in [3.8, 4) is 11.5 Å². The Labute approximate surface area is 179 Å². The molecule has 0 spiro atoms. The van der Waals surface area contributed by atoms with Crippen LogP contribution in [0.2, 0.25) is 0 Å². The second-order valence-corrected chi connectivity index (χ2v) is 6.62. The van der Waals surface area contributed by atoms with Crippen LogP contribution >= 0.6 is 0 Å². The number of hydrogen-bond donors (Lipinski definition) is 2. The van der Waals surface area contributed by atoms with Gasteiger partial charge in [0, 0.05) is 31.4 Å². The van der Waals surface area contributed by atoms with Crippen LogP contribution < -0.4 is 14.8 Å². The number of ether oxygens (including phenoxy) is 4. The van der Waals surface area contributed by atoms with Gasteiger partial charge in [0.05, 0.1) is 25.2 Å². The number of hydrogen-bond acceptors (Lipinski definition) is 8. The smallest absolute Gasteiger partial charge is 0.307 e. The summed E-state index contributed by atoms with van der Waals surface area (Å²) in [5, 5.41) is 13.0. The van der Waals surface area contributed by atoms with Crippen LogP contribution in [0.1, 0.15) is 5.56 Å². The standard InChI is InChI=1S/C22H25N3O6/c1-28-6-8-30-19-12-17-18(13-20(19)31-9-7-29-2)23-14-24-22(17)25-16-5-3-4-15(10-16)11-21(26)27/h3-5,10,12-14H,6-9,11H2,1-2H3,(H,26,27)(H,23,24,25). The average Bonchev–Trinajstić information content (AvgIpc) is 2.74. The maximum atomic E-state index is 11.0. The number of rotatable bonds is 12. The molecule has 0 aliphatic rings. The van der Waals surface area contributed by atoms with Gasteiger partial charge in [0.2, 0.25) is 0 Å². The van der Waals surface area contributed by atoms with Gasteiger partial charge >= 0.3 is 5.97 Å². The Morgan fingerprint density at radius 1 is 0.968 bits per heavy atom. The lowest BCUT2D eigenvalue weighted by molar-refractivity contribution is -0.136. The van der Waals surface area contributed by atoms with E-state index in [1.54, 1.807) is 38.5 Å². The maximum absolute atomic E-state index is 11.0. The Morgan fingerprint density at radius 3 is 2.35 bits per heavy atom. The number of methoxy groups -OCH3 is 2. The Bertz CT molecular complexity index is 1030. The molecule has 31 heavy (non-hydrogen) atoms. The second kappa shape index (κ2) is 11.1. The summed E-state index contributed by atoms with van der Waals surface area (Å²) in [5.74, 6) is 0.771. The van der Waals surface area contributed by atoms with E-state index in [-0.39, 0.29) is 6.42 Å². The zero-order chi connectivity index (χ0) is 22.1. The number of carboxylic acid groups (broad SMARTS) is 1. The van der Waals surface area contributed by atoms with Crippen molar-refractivity contribution in [3.05, 3.63) is 48.3 Å². The van der Waals surface area contributed by atoms with Crippen LogP contribution in [-0.2, 0) is 20.7 Å². The van der Waals surface area contributed by atoms with Gasteiger partial charge in [-0.2, -0.15) is 0 Å². The van der Waals surface area contributed by atoms with E-state index in [1.807, 2.05) is 12.1 Å². The third kappa shape index (κ3) is 6.27. The van der Waals surface area contributed by atoms with Gasteiger partial charge in [0.15, 0.2) is 11.5 Å². The number of nitrogens with zero attached hydrogens (tertiary/aromatic N) is 2. The lowest BCUT2D eigenvalue weighted by Crippen LogP contribution is -2.09. The number of nitrogens with one attached hydrogen (secondary N) is 1. The molecule has 1 heterocycles. The summed E-state index contributed by atoms with van der Waals surface area (Å²) in [4.78, 5) is 19.7. The van der Waals surface area contributed by atoms with Crippen molar-refractivity contribution in [3.63, 3.8) is 0 Å². The highest BCUT2D eigenvalue weighted by Gasteiger charge is 2.13. The van der Waals surface area contributed by atoms with Crippen LogP contribution in [0.15, 0.2) is 42.7 Å². The van der Waals surface area contributed by atoms with Crippen LogP contribution in [0.25, 0.3) is 10.9 Å². The lowest BCUT2D eigenvalue weighted by Gasteiger charge is -2.15. The summed E-state index contributed by atoms with van der Waals surface area (Å²) in [6, 6.07) is 10.8. The van der Waals surface area contributed by atoms with Gasteiger partial charge in [-0.05, 0) is 23.8 Å². The molecule has 3 aromatic rings. The van der Waals surface area contributed by atoms with Crippen molar-refractivity contribution in [2.24, 2.45) is 0 Å². The first-order chi connectivity index (χ1) is 15.1. The molecule has 0 fully saturated rings. The van der Waals surface area contributed by atoms with Gasteiger partial charge in [-0.25, -0.2) is 9.97 Å². The number of carboxylic acids is 1. The summed E-state index contributed by atoms with van der Waals surface area (Å²) in [7, 11) is 3.21. The fourth-order valence-electron chi connectivity index (χ4n) is 2.93. The molecule has 9 heteroatoms. The number of fused-ring (bicyclic) bond motifs is 1. The lowest BCUT2D eigenvalue weighted by atomic mass is 10.1. The third-order valence-corrected chi connectivity index (χ3v) is 4.34. The fourth-order valence-corrected chi connectivity index (χ4v) is 2.93. The molecule has 0 saturated heterocycles. The summed E-state index contributed by atoms with van der Waals surface area (Å²) in [6.07, 6.45) is 1.40. The molecular weight excluding hydrogens is 402 g/mol. The van der Waals surface area contributed by atoms with E-state index in [0.717, 1.165) is 11.1 Å². The van der Waals surface area contributed by atoms with E-state index in [0.29, 0.717) is 54.8 Å². The topological polar surface area (TPSA) is 112 Å². The number of benzene rings is 2. The minimum absolute atomic E-state index is 0.0559. The fraction of sp³-hybridized carbons (Fsp3) is 0.318. The van der Waals surface area contributed by atoms with Crippen LogP contribution in [0.3, 0.4) is 0 Å². The van der Waals surface area contributed by atoms with Crippen molar-refractivity contribution in [2.45, 2.75) is 6.42 Å². The molecule has 2 N–H and O–H groups in total. The molecule has 0 radical (unpaired) electrons. The number of aromatic nitrogens is 2. The molecule has 0 amide bonds. The highest BCUT2D eigenvalue weighted by molar-refractivity contribution is 5.93. The van der Waals surface area contributed by atoms with Crippen molar-refractivity contribution in [1.82, 2.24) is 9.97 Å². The normalized spacial score (nSPS) is 10.8. The molecule has 0 aliphatic carbocycles. The van der Waals surface area contributed by atoms with Gasteiger partial charge < -0.3 is 29.4 Å². The third-order valence-electron chi connectivity index (χ3n) is 4.34. The van der Waals surface area contributed by atoms with E-state index < -0.39 is 5.97 Å². The van der Waals surface area contributed by atoms with Crippen LogP contribution in [0.5, 0.6) is 11.5 Å². The van der Waals surface area contributed by atoms with Crippen LogP contribution in [0, 0.1) is 0 Å². The summed E-state index contributed by atoms with van der Waals surface area (Å²) < 4.78 is 21.8. The summed E-state index contributed by atoms with van der Waals surface area (Å²) >= 11 is 0. The van der Waals surface area contributed by atoms with Crippen LogP contribution in [0.4, 0.5) is 11.5 Å². The Hall–Kier alpha value is -3.43. The van der Waals surface area contributed by atoms with E-state index in [1.165, 1.54) is 6.33 Å². The first-order valence-corrected chi connectivity index (χ1v) is 9.70. The van der Waals surface area contributed by atoms with E-state index in [2.05, 4.69) is 15.3 Å². The summed E-state index contributed by atoms with van der Waals surface area (Å²) in [5.41, 5.74) is 2.08. The molecule has 0 unspecified atom stereocenters. The highest BCUT2D eigenvalue weighted by Crippen LogP contribution is 2.35. The highest BCUT2D eigenvalue weighted by atomic mass is 16.5. The van der Waals surface area contributed by atoms with Crippen LogP contribution in [-0.4, -0.2) is 61.7 Å². The molecule has 0 bridgehead atoms. The van der Waals surface area contributed by atoms with Gasteiger partial charge in [-0.15, -0.1) is 0 Å². The molecule has 9 nitrogen and oxygen atoms in total. The SMILES string of the molecule is COCCOc1cc2ncnc(Nc3cccc(CC(=O)O)c3)c2cc1OCCOC. The van der Waals surface area contributed by atoms with E-state index >= 15 is 0 Å². The average molecular weight is 427 g/mol. The number of anilines is 2. The predicted octanol–water partition coefficient (Wildman–Crippen LogP) is 3.05. The quantitative estimate of drug-likeness (QED) is 0.421. The second-order valence-electron chi connectivity index (χ2n) is 6.62. The summed E-state index contributed by atoms with van der Waals surface area (Å²) in [6.45, 7) is 1.60. The van der Waals surface area contributed by atoms with Gasteiger partial charge in [-0.1, -0.05) is 12.1 Å². The molecule has 0 atom stereocenters. The van der Waals surface area contributed by atoms with Crippen molar-refractivity contribution in [1.29, 1.82) is 0 Å². The van der Waals surface area contributed by atoms with Gasteiger partial charge in [0.25, 0.3) is 0 Å². The molecule has 3 rings (SSSR count). The Kier molecular flexibility index (Phi) is 7.97. The predicted molar refractivity (Wildman–Crippen MR) is 115 cm³/mol. The first-order valence-electron chi connectivity index (χ1n) is 9.70. The van der Waals surface area contributed by atoms with Gasteiger partial charge in [-0.3, -0.25) is 4.79 Å². The van der Waals surface area contributed by atoms with Gasteiger partial charge in [0.1, 0.15) is 25.4 Å².